The van der Waals surface area contributed by atoms with Gasteiger partial charge in [-0.15, -0.1) is 11.3 Å². The number of anilines is 2. The molecule has 14 heavy (non-hydrogen) atoms. The van der Waals surface area contributed by atoms with Gasteiger partial charge in [0.25, 0.3) is 0 Å². The fourth-order valence-electron chi connectivity index (χ4n) is 1.72. The number of hydrogen-bond acceptors (Lipinski definition) is 4. The van der Waals surface area contributed by atoms with Crippen LogP contribution in [0.3, 0.4) is 0 Å². The average molecular weight is 210 g/mol. The van der Waals surface area contributed by atoms with Gasteiger partial charge in [-0.2, -0.15) is 0 Å². The van der Waals surface area contributed by atoms with Crippen LogP contribution in [0.4, 0.5) is 10.7 Å². The van der Waals surface area contributed by atoms with Crippen molar-refractivity contribution in [3.05, 3.63) is 10.9 Å². The second-order valence-corrected chi connectivity index (χ2v) is 4.97. The van der Waals surface area contributed by atoms with E-state index in [1.54, 1.807) is 6.07 Å². The van der Waals surface area contributed by atoms with E-state index in [-0.39, 0.29) is 5.54 Å². The number of aromatic carboxylic acids is 1. The lowest BCUT2D eigenvalue weighted by Gasteiger charge is -2.25. The lowest BCUT2D eigenvalue weighted by atomic mass is 10.2. The van der Waals surface area contributed by atoms with Crippen molar-refractivity contribution in [3.63, 3.8) is 0 Å². The molecule has 4 nitrogen and oxygen atoms in total. The predicted octanol–water partition coefficient (Wildman–Crippen LogP) is 1.82. The molecular weight excluding hydrogens is 200 g/mol. The zero-order valence-corrected chi connectivity index (χ0v) is 8.28. The van der Waals surface area contributed by atoms with E-state index in [0.29, 0.717) is 4.88 Å². The molecule has 2 heterocycles. The summed E-state index contributed by atoms with van der Waals surface area (Å²) < 4.78 is 0. The second-order valence-electron chi connectivity index (χ2n) is 3.92. The first-order valence-electron chi connectivity index (χ1n) is 4.58. The minimum atomic E-state index is -0.849. The standard InChI is InChI=1S/C9H10N2O2S/c12-8(13)6-3-5-7(14-6)11-9(1-2-9)4-10-5/h3,10-11H,1-2,4H2,(H,12,13). The van der Waals surface area contributed by atoms with Gasteiger partial charge in [0.1, 0.15) is 9.88 Å². The molecule has 3 rings (SSSR count). The quantitative estimate of drug-likeness (QED) is 0.661. The van der Waals surface area contributed by atoms with Crippen LogP contribution in [0.25, 0.3) is 0 Å². The molecule has 3 N–H and O–H groups in total. The second kappa shape index (κ2) is 2.42. The molecule has 2 aliphatic rings. The van der Waals surface area contributed by atoms with E-state index in [4.69, 9.17) is 5.11 Å². The molecule has 1 aromatic heterocycles. The molecule has 1 fully saturated rings. The monoisotopic (exact) mass is 210 g/mol. The molecule has 1 aromatic rings. The van der Waals surface area contributed by atoms with E-state index in [9.17, 15) is 4.79 Å². The van der Waals surface area contributed by atoms with Gasteiger partial charge in [0, 0.05) is 6.54 Å². The smallest absolute Gasteiger partial charge is 0.346 e. The summed E-state index contributed by atoms with van der Waals surface area (Å²) >= 11 is 1.31. The summed E-state index contributed by atoms with van der Waals surface area (Å²) in [6, 6.07) is 1.70. The topological polar surface area (TPSA) is 61.4 Å². The van der Waals surface area contributed by atoms with Crippen molar-refractivity contribution in [2.75, 3.05) is 17.2 Å². The van der Waals surface area contributed by atoms with Crippen molar-refractivity contribution < 1.29 is 9.90 Å². The number of carboxylic acids is 1. The summed E-state index contributed by atoms with van der Waals surface area (Å²) in [4.78, 5) is 11.1. The fourth-order valence-corrected chi connectivity index (χ4v) is 2.72. The number of nitrogens with one attached hydrogen (secondary N) is 2. The molecule has 1 aliphatic heterocycles. The van der Waals surface area contributed by atoms with Crippen LogP contribution in [0.1, 0.15) is 22.5 Å². The Morgan fingerprint density at radius 2 is 2.36 bits per heavy atom. The first-order chi connectivity index (χ1) is 6.69. The van der Waals surface area contributed by atoms with Gasteiger partial charge in [-0.25, -0.2) is 4.79 Å². The molecule has 0 unspecified atom stereocenters. The molecule has 0 aromatic carbocycles. The Hall–Kier alpha value is -1.23. The summed E-state index contributed by atoms with van der Waals surface area (Å²) in [6.45, 7) is 0.912. The number of rotatable bonds is 1. The maximum atomic E-state index is 10.8. The van der Waals surface area contributed by atoms with Crippen molar-refractivity contribution >= 4 is 28.0 Å². The fraction of sp³-hybridized carbons (Fsp3) is 0.444. The van der Waals surface area contributed by atoms with Gasteiger partial charge in [0.15, 0.2) is 0 Å². The Morgan fingerprint density at radius 3 is 3.00 bits per heavy atom. The van der Waals surface area contributed by atoms with Crippen LogP contribution < -0.4 is 10.6 Å². The largest absolute Gasteiger partial charge is 0.477 e. The predicted molar refractivity (Wildman–Crippen MR) is 55.4 cm³/mol. The minimum absolute atomic E-state index is 0.230. The zero-order chi connectivity index (χ0) is 9.76. The Bertz CT molecular complexity index is 409. The molecule has 1 spiro atoms. The van der Waals surface area contributed by atoms with E-state index in [2.05, 4.69) is 10.6 Å². The maximum absolute atomic E-state index is 10.8. The van der Waals surface area contributed by atoms with Gasteiger partial charge in [-0.1, -0.05) is 0 Å². The van der Waals surface area contributed by atoms with Crippen LogP contribution in [0, 0.1) is 0 Å². The lowest BCUT2D eigenvalue weighted by Crippen LogP contribution is -2.33. The molecule has 74 valence electrons. The summed E-state index contributed by atoms with van der Waals surface area (Å²) in [7, 11) is 0. The number of thiophene rings is 1. The van der Waals surface area contributed by atoms with Crippen LogP contribution in [-0.2, 0) is 0 Å². The molecule has 0 amide bonds. The van der Waals surface area contributed by atoms with Gasteiger partial charge in [-0.3, -0.25) is 0 Å². The van der Waals surface area contributed by atoms with Gasteiger partial charge in [0.2, 0.25) is 0 Å². The number of carboxylic acid groups (broad SMARTS) is 1. The Labute approximate surface area is 84.9 Å². The normalized spacial score (nSPS) is 20.9. The summed E-state index contributed by atoms with van der Waals surface area (Å²) in [5.74, 6) is -0.849. The van der Waals surface area contributed by atoms with Gasteiger partial charge < -0.3 is 15.7 Å². The highest BCUT2D eigenvalue weighted by molar-refractivity contribution is 7.18. The van der Waals surface area contributed by atoms with Gasteiger partial charge in [0.05, 0.1) is 11.2 Å². The molecule has 0 bridgehead atoms. The first kappa shape index (κ1) is 8.11. The Morgan fingerprint density at radius 1 is 1.57 bits per heavy atom. The highest BCUT2D eigenvalue weighted by atomic mass is 32.1. The highest BCUT2D eigenvalue weighted by Crippen LogP contribution is 2.47. The molecule has 0 atom stereocenters. The average Bonchev–Trinajstić information content (AvgIpc) is 2.76. The van der Waals surface area contributed by atoms with E-state index < -0.39 is 5.97 Å². The van der Waals surface area contributed by atoms with Crippen LogP contribution in [0.5, 0.6) is 0 Å². The highest BCUT2D eigenvalue weighted by Gasteiger charge is 2.45. The van der Waals surface area contributed by atoms with Crippen molar-refractivity contribution in [3.8, 4) is 0 Å². The molecule has 5 heteroatoms. The van der Waals surface area contributed by atoms with Crippen LogP contribution in [-0.4, -0.2) is 23.2 Å². The first-order valence-corrected chi connectivity index (χ1v) is 5.39. The summed E-state index contributed by atoms with van der Waals surface area (Å²) in [5.41, 5.74) is 1.16. The van der Waals surface area contributed by atoms with Crippen molar-refractivity contribution in [2.45, 2.75) is 18.4 Å². The summed E-state index contributed by atoms with van der Waals surface area (Å²) in [5, 5.41) is 16.5. The number of fused-ring (bicyclic) bond motifs is 1. The van der Waals surface area contributed by atoms with Crippen LogP contribution in [0.2, 0.25) is 0 Å². The summed E-state index contributed by atoms with van der Waals surface area (Å²) in [6.07, 6.45) is 2.36. The van der Waals surface area contributed by atoms with E-state index in [1.807, 2.05) is 0 Å². The van der Waals surface area contributed by atoms with Crippen LogP contribution in [0.15, 0.2) is 6.07 Å². The van der Waals surface area contributed by atoms with Crippen molar-refractivity contribution in [1.82, 2.24) is 0 Å². The maximum Gasteiger partial charge on any atom is 0.346 e. The SMILES string of the molecule is O=C(O)c1cc2c(s1)NC1(CC1)CN2. The molecule has 1 aliphatic carbocycles. The molecule has 0 saturated heterocycles. The molecular formula is C9H10N2O2S. The zero-order valence-electron chi connectivity index (χ0n) is 7.46. The molecule has 0 radical (unpaired) electrons. The number of hydrogen-bond donors (Lipinski definition) is 3. The lowest BCUT2D eigenvalue weighted by molar-refractivity contribution is 0.0702. The van der Waals surface area contributed by atoms with E-state index >= 15 is 0 Å². The van der Waals surface area contributed by atoms with E-state index in [0.717, 1.165) is 17.2 Å². The van der Waals surface area contributed by atoms with Gasteiger partial charge >= 0.3 is 5.97 Å². The van der Waals surface area contributed by atoms with Crippen molar-refractivity contribution in [2.24, 2.45) is 0 Å². The molecule has 1 saturated carbocycles. The third-order valence-corrected chi connectivity index (χ3v) is 3.83. The van der Waals surface area contributed by atoms with E-state index in [1.165, 1.54) is 24.2 Å². The Balaban J connectivity index is 1.97. The third kappa shape index (κ3) is 1.09. The number of carbonyl (C=O) groups is 1. The third-order valence-electron chi connectivity index (χ3n) is 2.79. The minimum Gasteiger partial charge on any atom is -0.477 e. The van der Waals surface area contributed by atoms with Gasteiger partial charge in [-0.05, 0) is 18.9 Å². The van der Waals surface area contributed by atoms with Crippen molar-refractivity contribution in [1.29, 1.82) is 0 Å². The van der Waals surface area contributed by atoms with Crippen LogP contribution >= 0.6 is 11.3 Å². The Kier molecular flexibility index (Phi) is 1.40.